The molecule has 0 radical (unpaired) electrons. The summed E-state index contributed by atoms with van der Waals surface area (Å²) in [6, 6.07) is 0. The highest BCUT2D eigenvalue weighted by Gasteiger charge is 2.10. The topological polar surface area (TPSA) is 52.1 Å². The smallest absolute Gasteiger partial charge is 0.310 e. The number of esters is 1. The van der Waals surface area contributed by atoms with Crippen molar-refractivity contribution in [2.75, 3.05) is 12.9 Å². The SMILES string of the molecule is CCOC(=O)Cc1cnc(SC)nc1Cl. The van der Waals surface area contributed by atoms with E-state index < -0.39 is 0 Å². The van der Waals surface area contributed by atoms with Gasteiger partial charge >= 0.3 is 5.97 Å². The molecule has 0 aliphatic rings. The van der Waals surface area contributed by atoms with Gasteiger partial charge in [-0.3, -0.25) is 4.79 Å². The summed E-state index contributed by atoms with van der Waals surface area (Å²) < 4.78 is 4.80. The van der Waals surface area contributed by atoms with Gasteiger partial charge in [0.25, 0.3) is 0 Å². The number of carbonyl (C=O) groups is 1. The maximum Gasteiger partial charge on any atom is 0.310 e. The van der Waals surface area contributed by atoms with Gasteiger partial charge in [0.15, 0.2) is 5.16 Å². The summed E-state index contributed by atoms with van der Waals surface area (Å²) in [5, 5.41) is 0.898. The van der Waals surface area contributed by atoms with Crippen LogP contribution < -0.4 is 0 Å². The first-order chi connectivity index (χ1) is 7.17. The minimum absolute atomic E-state index is 0.112. The predicted octanol–water partition coefficient (Wildman–Crippen LogP) is 1.96. The van der Waals surface area contributed by atoms with E-state index in [1.165, 1.54) is 11.8 Å². The predicted molar refractivity (Wildman–Crippen MR) is 59.2 cm³/mol. The Kier molecular flexibility index (Phi) is 4.84. The summed E-state index contributed by atoms with van der Waals surface area (Å²) >= 11 is 7.28. The van der Waals surface area contributed by atoms with Crippen LogP contribution >= 0.6 is 23.4 Å². The van der Waals surface area contributed by atoms with E-state index >= 15 is 0 Å². The van der Waals surface area contributed by atoms with Crippen molar-refractivity contribution in [3.63, 3.8) is 0 Å². The Labute approximate surface area is 97.4 Å². The zero-order chi connectivity index (χ0) is 11.3. The van der Waals surface area contributed by atoms with Crippen LogP contribution in [-0.2, 0) is 16.0 Å². The van der Waals surface area contributed by atoms with E-state index in [0.717, 1.165) is 0 Å². The number of nitrogens with zero attached hydrogens (tertiary/aromatic N) is 2. The molecule has 6 heteroatoms. The molecule has 0 fully saturated rings. The lowest BCUT2D eigenvalue weighted by Gasteiger charge is -2.03. The van der Waals surface area contributed by atoms with Crippen molar-refractivity contribution >= 4 is 29.3 Å². The van der Waals surface area contributed by atoms with E-state index in [0.29, 0.717) is 22.5 Å². The molecule has 0 spiro atoms. The number of hydrogen-bond acceptors (Lipinski definition) is 5. The van der Waals surface area contributed by atoms with Gasteiger partial charge < -0.3 is 4.74 Å². The Balaban J connectivity index is 2.73. The van der Waals surface area contributed by atoms with Gasteiger partial charge in [-0.25, -0.2) is 9.97 Å². The molecule has 0 saturated heterocycles. The third-order valence-electron chi connectivity index (χ3n) is 1.61. The Bertz CT molecular complexity index is 360. The fourth-order valence-corrected chi connectivity index (χ4v) is 1.54. The first kappa shape index (κ1) is 12.3. The van der Waals surface area contributed by atoms with E-state index in [1.807, 2.05) is 6.26 Å². The molecule has 0 N–H and O–H groups in total. The number of halogens is 1. The van der Waals surface area contributed by atoms with Crippen LogP contribution in [0.1, 0.15) is 12.5 Å². The van der Waals surface area contributed by atoms with Gasteiger partial charge in [0, 0.05) is 11.8 Å². The van der Waals surface area contributed by atoms with Crippen molar-refractivity contribution in [3.05, 3.63) is 16.9 Å². The second kappa shape index (κ2) is 5.92. The zero-order valence-corrected chi connectivity index (χ0v) is 10.1. The molecule has 15 heavy (non-hydrogen) atoms. The molecular formula is C9H11ClN2O2S. The summed E-state index contributed by atoms with van der Waals surface area (Å²) in [4.78, 5) is 19.2. The van der Waals surface area contributed by atoms with Crippen LogP contribution in [-0.4, -0.2) is 28.8 Å². The minimum atomic E-state index is -0.320. The minimum Gasteiger partial charge on any atom is -0.466 e. The highest BCUT2D eigenvalue weighted by atomic mass is 35.5. The lowest BCUT2D eigenvalue weighted by molar-refractivity contribution is -0.142. The van der Waals surface area contributed by atoms with Crippen molar-refractivity contribution < 1.29 is 9.53 Å². The summed E-state index contributed by atoms with van der Waals surface area (Å²) in [7, 11) is 0. The van der Waals surface area contributed by atoms with Crippen molar-refractivity contribution in [1.82, 2.24) is 9.97 Å². The molecular weight excluding hydrogens is 236 g/mol. The van der Waals surface area contributed by atoms with Crippen LogP contribution in [0.5, 0.6) is 0 Å². The van der Waals surface area contributed by atoms with Gasteiger partial charge in [-0.15, -0.1) is 0 Å². The first-order valence-corrected chi connectivity index (χ1v) is 5.98. The molecule has 1 aromatic heterocycles. The van der Waals surface area contributed by atoms with Crippen molar-refractivity contribution in [3.8, 4) is 0 Å². The van der Waals surface area contributed by atoms with Gasteiger partial charge in [-0.05, 0) is 13.2 Å². The Hall–Kier alpha value is -0.810. The summed E-state index contributed by atoms with van der Waals surface area (Å²) in [5.41, 5.74) is 0.591. The van der Waals surface area contributed by atoms with Crippen LogP contribution in [0.3, 0.4) is 0 Å². The van der Waals surface area contributed by atoms with Crippen molar-refractivity contribution in [2.24, 2.45) is 0 Å². The van der Waals surface area contributed by atoms with Crippen LogP contribution in [0.2, 0.25) is 5.15 Å². The Morgan fingerprint density at radius 3 is 2.93 bits per heavy atom. The molecule has 1 aromatic rings. The molecule has 0 aliphatic carbocycles. The lowest BCUT2D eigenvalue weighted by Crippen LogP contribution is -2.08. The van der Waals surface area contributed by atoms with Crippen LogP contribution in [0.15, 0.2) is 11.4 Å². The highest BCUT2D eigenvalue weighted by molar-refractivity contribution is 7.98. The molecule has 0 bridgehead atoms. The molecule has 0 unspecified atom stereocenters. The van der Waals surface area contributed by atoms with Gasteiger partial charge in [0.2, 0.25) is 0 Å². The summed E-state index contributed by atoms with van der Waals surface area (Å²) in [6.07, 6.45) is 3.52. The standard InChI is InChI=1S/C9H11ClN2O2S/c1-3-14-7(13)4-6-5-11-9(15-2)12-8(6)10/h5H,3-4H2,1-2H3. The van der Waals surface area contributed by atoms with Crippen LogP contribution in [0.25, 0.3) is 0 Å². The first-order valence-electron chi connectivity index (χ1n) is 4.38. The molecule has 1 heterocycles. The largest absolute Gasteiger partial charge is 0.466 e. The fourth-order valence-electron chi connectivity index (χ4n) is 0.955. The molecule has 0 amide bonds. The molecule has 4 nitrogen and oxygen atoms in total. The normalized spacial score (nSPS) is 10.1. The fraction of sp³-hybridized carbons (Fsp3) is 0.444. The average Bonchev–Trinajstić information content (AvgIpc) is 2.21. The Morgan fingerprint density at radius 2 is 2.40 bits per heavy atom. The average molecular weight is 247 g/mol. The highest BCUT2D eigenvalue weighted by Crippen LogP contribution is 2.17. The zero-order valence-electron chi connectivity index (χ0n) is 8.49. The third-order valence-corrected chi connectivity index (χ3v) is 2.50. The quantitative estimate of drug-likeness (QED) is 0.352. The van der Waals surface area contributed by atoms with E-state index in [4.69, 9.17) is 16.3 Å². The maximum atomic E-state index is 11.2. The van der Waals surface area contributed by atoms with E-state index in [9.17, 15) is 4.79 Å². The third kappa shape index (κ3) is 3.68. The number of ether oxygens (including phenoxy) is 1. The van der Waals surface area contributed by atoms with Gasteiger partial charge in [0.05, 0.1) is 13.0 Å². The van der Waals surface area contributed by atoms with Crippen molar-refractivity contribution in [2.45, 2.75) is 18.5 Å². The van der Waals surface area contributed by atoms with E-state index in [1.54, 1.807) is 13.1 Å². The lowest BCUT2D eigenvalue weighted by atomic mass is 10.2. The summed E-state index contributed by atoms with van der Waals surface area (Å²) in [6.45, 7) is 2.12. The van der Waals surface area contributed by atoms with Crippen LogP contribution in [0.4, 0.5) is 0 Å². The molecule has 0 atom stereocenters. The molecule has 0 aromatic carbocycles. The second-order valence-electron chi connectivity index (χ2n) is 2.65. The number of hydrogen-bond donors (Lipinski definition) is 0. The number of carbonyl (C=O) groups excluding carboxylic acids is 1. The monoisotopic (exact) mass is 246 g/mol. The summed E-state index contributed by atoms with van der Waals surface area (Å²) in [5.74, 6) is -0.320. The van der Waals surface area contributed by atoms with Crippen molar-refractivity contribution in [1.29, 1.82) is 0 Å². The van der Waals surface area contributed by atoms with E-state index in [2.05, 4.69) is 9.97 Å². The van der Waals surface area contributed by atoms with Gasteiger partial charge in [-0.1, -0.05) is 23.4 Å². The second-order valence-corrected chi connectivity index (χ2v) is 3.79. The van der Waals surface area contributed by atoms with Gasteiger partial charge in [0.1, 0.15) is 5.15 Å². The molecule has 0 aliphatic heterocycles. The maximum absolute atomic E-state index is 11.2. The van der Waals surface area contributed by atoms with Crippen LogP contribution in [0, 0.1) is 0 Å². The number of aromatic nitrogens is 2. The van der Waals surface area contributed by atoms with E-state index in [-0.39, 0.29) is 12.4 Å². The Morgan fingerprint density at radius 1 is 1.67 bits per heavy atom. The molecule has 82 valence electrons. The van der Waals surface area contributed by atoms with Gasteiger partial charge in [-0.2, -0.15) is 0 Å². The molecule has 1 rings (SSSR count). The number of thioether (sulfide) groups is 1. The number of rotatable bonds is 4. The molecule has 0 saturated carbocycles.